The summed E-state index contributed by atoms with van der Waals surface area (Å²) in [6.45, 7) is 4.03. The highest BCUT2D eigenvalue weighted by molar-refractivity contribution is 5.98. The fourth-order valence-electron chi connectivity index (χ4n) is 2.97. The van der Waals surface area contributed by atoms with Gasteiger partial charge >= 0.3 is 0 Å². The van der Waals surface area contributed by atoms with Crippen molar-refractivity contribution in [3.63, 3.8) is 0 Å². The van der Waals surface area contributed by atoms with Gasteiger partial charge in [0.1, 0.15) is 0 Å². The third-order valence-electron chi connectivity index (χ3n) is 4.55. The lowest BCUT2D eigenvalue weighted by molar-refractivity contribution is 0.0922. The highest BCUT2D eigenvalue weighted by Gasteiger charge is 2.25. The van der Waals surface area contributed by atoms with Gasteiger partial charge in [-0.15, -0.1) is 0 Å². The Hall–Kier alpha value is -3.11. The number of hydrogen-bond acceptors (Lipinski definition) is 1. The van der Waals surface area contributed by atoms with Crippen LogP contribution >= 0.6 is 0 Å². The molecule has 0 bridgehead atoms. The fraction of sp³-hybridized carbons (Fsp3) is 0.160. The zero-order chi connectivity index (χ0) is 18.4. The Morgan fingerprint density at radius 1 is 0.808 bits per heavy atom. The third-order valence-corrected chi connectivity index (χ3v) is 4.55. The van der Waals surface area contributed by atoms with Crippen molar-refractivity contribution in [1.82, 2.24) is 0 Å². The molecule has 26 heavy (non-hydrogen) atoms. The van der Waals surface area contributed by atoms with Gasteiger partial charge in [0.25, 0.3) is 0 Å². The average Bonchev–Trinajstić information content (AvgIpc) is 2.70. The van der Waals surface area contributed by atoms with Gasteiger partial charge in [-0.25, -0.2) is 0 Å². The summed E-state index contributed by atoms with van der Waals surface area (Å²) in [5, 5.41) is 0. The molecular weight excluding hydrogens is 316 g/mol. The first-order valence-corrected chi connectivity index (χ1v) is 8.87. The molecule has 0 aliphatic heterocycles. The smallest absolute Gasteiger partial charge is 0.167 e. The Bertz CT molecular complexity index is 913. The maximum absolute atomic E-state index is 13.0. The van der Waals surface area contributed by atoms with Crippen LogP contribution in [0.25, 0.3) is 0 Å². The highest BCUT2D eigenvalue weighted by Crippen LogP contribution is 2.27. The number of benzene rings is 3. The van der Waals surface area contributed by atoms with Crippen LogP contribution in [0.5, 0.6) is 0 Å². The molecule has 0 N–H and O–H groups in total. The van der Waals surface area contributed by atoms with Gasteiger partial charge in [0, 0.05) is 17.0 Å². The first kappa shape index (κ1) is 17.7. The maximum Gasteiger partial charge on any atom is 0.167 e. The number of ketones is 1. The Balaban J connectivity index is 1.96. The van der Waals surface area contributed by atoms with Gasteiger partial charge in [-0.05, 0) is 24.6 Å². The summed E-state index contributed by atoms with van der Waals surface area (Å²) in [5.41, 5.74) is 3.98. The van der Waals surface area contributed by atoms with Gasteiger partial charge in [-0.1, -0.05) is 97.1 Å². The van der Waals surface area contributed by atoms with E-state index in [1.807, 2.05) is 67.6 Å². The van der Waals surface area contributed by atoms with Crippen molar-refractivity contribution in [2.24, 2.45) is 5.92 Å². The summed E-state index contributed by atoms with van der Waals surface area (Å²) in [7, 11) is 0. The molecule has 0 aliphatic rings. The molecule has 0 fully saturated rings. The van der Waals surface area contributed by atoms with Crippen LogP contribution in [0, 0.1) is 24.7 Å². The molecule has 1 unspecified atom stereocenters. The molecule has 128 valence electrons. The summed E-state index contributed by atoms with van der Waals surface area (Å²) < 4.78 is 0. The maximum atomic E-state index is 13.0. The molecule has 0 aliphatic carbocycles. The summed E-state index contributed by atoms with van der Waals surface area (Å²) in [5.74, 6) is 6.34. The zero-order valence-electron chi connectivity index (χ0n) is 15.1. The summed E-state index contributed by atoms with van der Waals surface area (Å²) >= 11 is 0. The molecule has 2 atom stereocenters. The third kappa shape index (κ3) is 4.29. The van der Waals surface area contributed by atoms with E-state index in [1.54, 1.807) is 0 Å². The molecule has 1 nitrogen and oxygen atoms in total. The van der Waals surface area contributed by atoms with E-state index in [2.05, 4.69) is 43.0 Å². The van der Waals surface area contributed by atoms with Gasteiger partial charge in [0.15, 0.2) is 5.78 Å². The Morgan fingerprint density at radius 3 is 2.00 bits per heavy atom. The van der Waals surface area contributed by atoms with Crippen molar-refractivity contribution in [1.29, 1.82) is 0 Å². The van der Waals surface area contributed by atoms with Gasteiger partial charge in [0.2, 0.25) is 0 Å². The minimum absolute atomic E-state index is 0.124. The van der Waals surface area contributed by atoms with E-state index >= 15 is 0 Å². The van der Waals surface area contributed by atoms with Crippen LogP contribution in [0.1, 0.15) is 39.9 Å². The SMILES string of the molecule is Cc1ccc(C(C#Cc2ccccc2)[C@@H](C)C(=O)c2ccccc2)cc1. The molecule has 0 saturated carbocycles. The van der Waals surface area contributed by atoms with Crippen molar-refractivity contribution in [2.45, 2.75) is 19.8 Å². The van der Waals surface area contributed by atoms with Crippen LogP contribution in [0.4, 0.5) is 0 Å². The molecule has 0 saturated heterocycles. The molecule has 0 aromatic heterocycles. The first-order valence-electron chi connectivity index (χ1n) is 8.87. The standard InChI is InChI=1S/C25H22O/c1-19-13-16-22(17-14-19)24(18-15-21-9-5-3-6-10-21)20(2)25(26)23-11-7-4-8-12-23/h3-14,16-17,20,24H,1-2H3/t20-,24?/m1/s1. The number of aryl methyl sites for hydroxylation is 1. The second-order valence-electron chi connectivity index (χ2n) is 6.54. The number of carbonyl (C=O) groups excluding carboxylic acids is 1. The molecule has 0 heterocycles. The van der Waals surface area contributed by atoms with Crippen LogP contribution in [0.2, 0.25) is 0 Å². The van der Waals surface area contributed by atoms with Crippen LogP contribution in [-0.2, 0) is 0 Å². The number of rotatable bonds is 4. The minimum atomic E-state index is -0.226. The fourth-order valence-corrected chi connectivity index (χ4v) is 2.97. The number of hydrogen-bond donors (Lipinski definition) is 0. The van der Waals surface area contributed by atoms with E-state index in [0.29, 0.717) is 0 Å². The number of carbonyl (C=O) groups is 1. The predicted molar refractivity (Wildman–Crippen MR) is 107 cm³/mol. The van der Waals surface area contributed by atoms with Gasteiger partial charge < -0.3 is 0 Å². The van der Waals surface area contributed by atoms with Gasteiger partial charge in [-0.3, -0.25) is 4.79 Å². The summed E-state index contributed by atoms with van der Waals surface area (Å²) in [4.78, 5) is 13.0. The molecule has 3 aromatic carbocycles. The normalized spacial score (nSPS) is 12.5. The van der Waals surface area contributed by atoms with Crippen molar-refractivity contribution in [2.75, 3.05) is 0 Å². The molecule has 3 rings (SSSR count). The summed E-state index contributed by atoms with van der Waals surface area (Å²) in [6, 6.07) is 27.7. The van der Waals surface area contributed by atoms with Crippen LogP contribution in [0.3, 0.4) is 0 Å². The van der Waals surface area contributed by atoms with Crippen LogP contribution in [-0.4, -0.2) is 5.78 Å². The van der Waals surface area contributed by atoms with Crippen LogP contribution < -0.4 is 0 Å². The van der Waals surface area contributed by atoms with E-state index in [1.165, 1.54) is 5.56 Å². The molecular formula is C25H22O. The van der Waals surface area contributed by atoms with E-state index in [0.717, 1.165) is 16.7 Å². The van der Waals surface area contributed by atoms with E-state index in [4.69, 9.17) is 0 Å². The molecule has 0 radical (unpaired) electrons. The quantitative estimate of drug-likeness (QED) is 0.444. The van der Waals surface area contributed by atoms with Crippen molar-refractivity contribution >= 4 is 5.78 Å². The Labute approximate surface area is 155 Å². The second kappa shape index (κ2) is 8.32. The summed E-state index contributed by atoms with van der Waals surface area (Å²) in [6.07, 6.45) is 0. The van der Waals surface area contributed by atoms with E-state index in [9.17, 15) is 4.79 Å². The minimum Gasteiger partial charge on any atom is -0.294 e. The lowest BCUT2D eigenvalue weighted by atomic mass is 9.82. The van der Waals surface area contributed by atoms with Gasteiger partial charge in [0.05, 0.1) is 5.92 Å². The van der Waals surface area contributed by atoms with Crippen molar-refractivity contribution < 1.29 is 4.79 Å². The van der Waals surface area contributed by atoms with E-state index < -0.39 is 0 Å². The van der Waals surface area contributed by atoms with Gasteiger partial charge in [-0.2, -0.15) is 0 Å². The lowest BCUT2D eigenvalue weighted by Gasteiger charge is -2.19. The average molecular weight is 338 g/mol. The highest BCUT2D eigenvalue weighted by atomic mass is 16.1. The zero-order valence-corrected chi connectivity index (χ0v) is 15.1. The largest absolute Gasteiger partial charge is 0.294 e. The molecule has 0 spiro atoms. The molecule has 1 heteroatoms. The molecule has 0 amide bonds. The monoisotopic (exact) mass is 338 g/mol. The van der Waals surface area contributed by atoms with E-state index in [-0.39, 0.29) is 17.6 Å². The van der Waals surface area contributed by atoms with Crippen LogP contribution in [0.15, 0.2) is 84.9 Å². The van der Waals surface area contributed by atoms with Crippen molar-refractivity contribution in [3.8, 4) is 11.8 Å². The predicted octanol–water partition coefficient (Wildman–Crippen LogP) is 5.65. The molecule has 3 aromatic rings. The second-order valence-corrected chi connectivity index (χ2v) is 6.54. The Kier molecular flexibility index (Phi) is 5.66. The van der Waals surface area contributed by atoms with Crippen molar-refractivity contribution in [3.05, 3.63) is 107 Å². The Morgan fingerprint density at radius 2 is 1.38 bits per heavy atom. The lowest BCUT2D eigenvalue weighted by Crippen LogP contribution is -2.19. The number of Topliss-reactive ketones (excluding diaryl/α,β-unsaturated/α-hetero) is 1. The first-order chi connectivity index (χ1) is 12.6. The topological polar surface area (TPSA) is 17.1 Å².